The molecule has 2 aromatic heterocycles. The summed E-state index contributed by atoms with van der Waals surface area (Å²) in [6.07, 6.45) is 3.84. The molecule has 2 N–H and O–H groups in total. The monoisotopic (exact) mass is 560 g/mol. The van der Waals surface area contributed by atoms with Gasteiger partial charge in [0.15, 0.2) is 5.11 Å². The Labute approximate surface area is 238 Å². The number of methoxy groups -OCH3 is 1. The number of pyridine rings is 1. The molecule has 2 aromatic carbocycles. The molecule has 1 saturated heterocycles. The molecule has 2 atom stereocenters. The molecule has 10 heteroatoms. The van der Waals surface area contributed by atoms with Crippen LogP contribution in [-0.4, -0.2) is 48.4 Å². The summed E-state index contributed by atoms with van der Waals surface area (Å²) >= 11 is 12.5. The molecule has 39 heavy (non-hydrogen) atoms. The summed E-state index contributed by atoms with van der Waals surface area (Å²) in [6, 6.07) is 23.4. The van der Waals surface area contributed by atoms with E-state index in [2.05, 4.69) is 66.5 Å². The first-order valence-electron chi connectivity index (χ1n) is 12.4. The second-order valence-corrected chi connectivity index (χ2v) is 10.1. The number of aromatic nitrogens is 2. The number of thiocarbonyl (C=S) groups is 1. The Morgan fingerprint density at radius 2 is 1.87 bits per heavy atom. The molecule has 0 saturated carbocycles. The molecule has 0 aliphatic carbocycles. The van der Waals surface area contributed by atoms with Crippen molar-refractivity contribution >= 4 is 51.9 Å². The van der Waals surface area contributed by atoms with Crippen LogP contribution in [0.5, 0.6) is 0 Å². The van der Waals surface area contributed by atoms with Crippen molar-refractivity contribution in [3.63, 3.8) is 0 Å². The van der Waals surface area contributed by atoms with Crippen LogP contribution in [0.15, 0.2) is 85.2 Å². The van der Waals surface area contributed by atoms with E-state index in [1.165, 1.54) is 7.11 Å². The number of anilines is 3. The lowest BCUT2D eigenvalue weighted by Gasteiger charge is -2.29. The predicted octanol–water partition coefficient (Wildman–Crippen LogP) is 5.35. The van der Waals surface area contributed by atoms with Crippen LogP contribution in [0.3, 0.4) is 0 Å². The summed E-state index contributed by atoms with van der Waals surface area (Å²) < 4.78 is 7.08. The quantitative estimate of drug-likeness (QED) is 0.281. The maximum absolute atomic E-state index is 12.0. The van der Waals surface area contributed by atoms with E-state index in [1.807, 2.05) is 50.5 Å². The van der Waals surface area contributed by atoms with E-state index in [-0.39, 0.29) is 24.6 Å². The molecule has 5 rings (SSSR count). The van der Waals surface area contributed by atoms with Gasteiger partial charge in [0, 0.05) is 56.4 Å². The van der Waals surface area contributed by atoms with Crippen LogP contribution >= 0.6 is 23.8 Å². The Bertz CT molecular complexity index is 1470. The Morgan fingerprint density at radius 3 is 2.54 bits per heavy atom. The number of halogens is 1. The van der Waals surface area contributed by atoms with Crippen LogP contribution in [-0.2, 0) is 9.53 Å². The third kappa shape index (κ3) is 5.47. The molecule has 0 spiro atoms. The molecule has 3 heterocycles. The molecular formula is C29H29ClN6O2S. The van der Waals surface area contributed by atoms with Crippen LogP contribution in [0.25, 0.3) is 5.69 Å². The van der Waals surface area contributed by atoms with Gasteiger partial charge in [-0.3, -0.25) is 9.78 Å². The fourth-order valence-corrected chi connectivity index (χ4v) is 5.36. The van der Waals surface area contributed by atoms with Crippen molar-refractivity contribution in [1.29, 1.82) is 0 Å². The average Bonchev–Trinajstić information content (AvgIpc) is 3.55. The lowest BCUT2D eigenvalue weighted by atomic mass is 10.0. The number of benzene rings is 2. The van der Waals surface area contributed by atoms with E-state index >= 15 is 0 Å². The third-order valence-electron chi connectivity index (χ3n) is 6.61. The van der Waals surface area contributed by atoms with Crippen molar-refractivity contribution < 1.29 is 9.53 Å². The molecule has 1 amide bonds. The molecule has 1 aliphatic heterocycles. The van der Waals surface area contributed by atoms with Gasteiger partial charge in [-0.25, -0.2) is 0 Å². The van der Waals surface area contributed by atoms with Crippen molar-refractivity contribution in [2.24, 2.45) is 0 Å². The van der Waals surface area contributed by atoms with Gasteiger partial charge >= 0.3 is 0 Å². The van der Waals surface area contributed by atoms with Gasteiger partial charge in [0.1, 0.15) is 12.6 Å². The first kappa shape index (κ1) is 26.7. The van der Waals surface area contributed by atoms with Gasteiger partial charge < -0.3 is 29.7 Å². The number of carbonyl (C=O) groups excluding carboxylic acids is 1. The maximum atomic E-state index is 12.0. The van der Waals surface area contributed by atoms with E-state index in [9.17, 15) is 4.79 Å². The standard InChI is InChI=1S/C29H29ClN6O2S/c1-34(2)19-9-11-20(12-10-19)35-16-6-8-25(35)28-27(24-7-4-5-15-31-24)33-29(39)36(28)21-13-14-23(22(30)17-21)32-26(37)18-38-3/h4-17,27-28H,18H2,1-3H3,(H,32,37)(H,33,39)/t27-,28+/m0/s1. The normalized spacial score (nSPS) is 16.7. The summed E-state index contributed by atoms with van der Waals surface area (Å²) in [5.41, 5.74) is 5.36. The fourth-order valence-electron chi connectivity index (χ4n) is 4.79. The van der Waals surface area contributed by atoms with Gasteiger partial charge in [-0.2, -0.15) is 0 Å². The summed E-state index contributed by atoms with van der Waals surface area (Å²) in [6.45, 7) is -0.0570. The largest absolute Gasteiger partial charge is 0.378 e. The van der Waals surface area contributed by atoms with Crippen LogP contribution in [0.4, 0.5) is 17.1 Å². The number of amides is 1. The Kier molecular flexibility index (Phi) is 7.83. The van der Waals surface area contributed by atoms with E-state index in [0.717, 1.165) is 28.5 Å². The van der Waals surface area contributed by atoms with E-state index in [1.54, 1.807) is 12.3 Å². The molecule has 1 fully saturated rings. The molecule has 1 aliphatic rings. The summed E-state index contributed by atoms with van der Waals surface area (Å²) in [5.74, 6) is -0.281. The lowest BCUT2D eigenvalue weighted by Crippen LogP contribution is -2.30. The van der Waals surface area contributed by atoms with Crippen LogP contribution < -0.4 is 20.4 Å². The van der Waals surface area contributed by atoms with Gasteiger partial charge in [0.25, 0.3) is 0 Å². The van der Waals surface area contributed by atoms with E-state index < -0.39 is 0 Å². The molecule has 200 valence electrons. The van der Waals surface area contributed by atoms with Gasteiger partial charge in [0.05, 0.1) is 22.4 Å². The zero-order chi connectivity index (χ0) is 27.5. The average molecular weight is 561 g/mol. The van der Waals surface area contributed by atoms with Gasteiger partial charge in [-0.15, -0.1) is 0 Å². The maximum Gasteiger partial charge on any atom is 0.250 e. The Hall–Kier alpha value is -3.92. The van der Waals surface area contributed by atoms with E-state index in [0.29, 0.717) is 15.8 Å². The highest BCUT2D eigenvalue weighted by atomic mass is 35.5. The predicted molar refractivity (Wildman–Crippen MR) is 160 cm³/mol. The fraction of sp³-hybridized carbons (Fsp3) is 0.207. The number of rotatable bonds is 8. The number of hydrogen-bond donors (Lipinski definition) is 2. The SMILES string of the molecule is COCC(=O)Nc1ccc(N2C(=S)N[C@@H](c3ccccn3)[C@H]2c2cccn2-c2ccc(N(C)C)cc2)cc1Cl. The number of nitrogens with zero attached hydrogens (tertiary/aromatic N) is 4. The highest BCUT2D eigenvalue weighted by molar-refractivity contribution is 7.80. The van der Waals surface area contributed by atoms with Crippen molar-refractivity contribution in [3.8, 4) is 5.69 Å². The molecular weight excluding hydrogens is 532 g/mol. The second kappa shape index (κ2) is 11.4. The van der Waals surface area contributed by atoms with Gasteiger partial charge in [-0.1, -0.05) is 17.7 Å². The van der Waals surface area contributed by atoms with Crippen LogP contribution in [0.2, 0.25) is 5.02 Å². The van der Waals surface area contributed by atoms with Gasteiger partial charge in [0.2, 0.25) is 5.91 Å². The Morgan fingerprint density at radius 1 is 1.10 bits per heavy atom. The van der Waals surface area contributed by atoms with Crippen molar-refractivity contribution in [2.75, 3.05) is 42.9 Å². The van der Waals surface area contributed by atoms with Crippen molar-refractivity contribution in [2.45, 2.75) is 12.1 Å². The van der Waals surface area contributed by atoms with Gasteiger partial charge in [-0.05, 0) is 78.9 Å². The highest BCUT2D eigenvalue weighted by Crippen LogP contribution is 2.43. The number of nitrogens with one attached hydrogen (secondary N) is 2. The minimum atomic E-state index is -0.281. The number of carbonyl (C=O) groups is 1. The lowest BCUT2D eigenvalue weighted by molar-refractivity contribution is -0.119. The molecule has 0 bridgehead atoms. The summed E-state index contributed by atoms with van der Waals surface area (Å²) in [4.78, 5) is 20.8. The van der Waals surface area contributed by atoms with Crippen LogP contribution in [0.1, 0.15) is 23.5 Å². The zero-order valence-corrected chi connectivity index (χ0v) is 23.4. The number of ether oxygens (including phenoxy) is 1. The topological polar surface area (TPSA) is 74.7 Å². The Balaban J connectivity index is 1.57. The molecule has 0 unspecified atom stereocenters. The zero-order valence-electron chi connectivity index (χ0n) is 21.8. The minimum Gasteiger partial charge on any atom is -0.378 e. The molecule has 4 aromatic rings. The van der Waals surface area contributed by atoms with Crippen molar-refractivity contribution in [3.05, 3.63) is 102 Å². The summed E-state index contributed by atoms with van der Waals surface area (Å²) in [5, 5.41) is 7.22. The highest BCUT2D eigenvalue weighted by Gasteiger charge is 2.42. The second-order valence-electron chi connectivity index (χ2n) is 9.36. The summed E-state index contributed by atoms with van der Waals surface area (Å²) in [7, 11) is 5.52. The van der Waals surface area contributed by atoms with Crippen LogP contribution in [0, 0.1) is 0 Å². The molecule has 8 nitrogen and oxygen atoms in total. The molecule has 0 radical (unpaired) electrons. The smallest absolute Gasteiger partial charge is 0.250 e. The first-order valence-corrected chi connectivity index (χ1v) is 13.2. The van der Waals surface area contributed by atoms with Crippen molar-refractivity contribution in [1.82, 2.24) is 14.9 Å². The third-order valence-corrected chi connectivity index (χ3v) is 7.23. The number of hydrogen-bond acceptors (Lipinski definition) is 5. The first-order chi connectivity index (χ1) is 18.9. The van der Waals surface area contributed by atoms with E-state index in [4.69, 9.17) is 28.6 Å². The minimum absolute atomic E-state index is 0.0570.